The second kappa shape index (κ2) is 7.53. The highest BCUT2D eigenvalue weighted by Crippen LogP contribution is 2.22. The number of aromatic nitrogens is 5. The van der Waals surface area contributed by atoms with Crippen molar-refractivity contribution < 1.29 is 14.1 Å². The molecule has 4 aromatic rings. The summed E-state index contributed by atoms with van der Waals surface area (Å²) in [5.41, 5.74) is 1.72. The van der Waals surface area contributed by atoms with Gasteiger partial charge in [0.2, 0.25) is 5.82 Å². The fraction of sp³-hybridized carbons (Fsp3) is 0.167. The van der Waals surface area contributed by atoms with E-state index in [9.17, 15) is 4.79 Å². The number of aryl methyl sites for hydroxylation is 2. The Labute approximate surface area is 168 Å². The average molecular weight is 416 g/mol. The van der Waals surface area contributed by atoms with Crippen LogP contribution in [0.15, 0.2) is 40.2 Å². The summed E-state index contributed by atoms with van der Waals surface area (Å²) >= 11 is 7.62. The lowest BCUT2D eigenvalue weighted by Gasteiger charge is -2.07. The Hall–Kier alpha value is -3.04. The number of thiophene rings is 1. The molecule has 0 radical (unpaired) electrons. The molecule has 10 heteroatoms. The van der Waals surface area contributed by atoms with Gasteiger partial charge in [0.05, 0.1) is 15.6 Å². The highest BCUT2D eigenvalue weighted by atomic mass is 35.5. The first-order valence-electron chi connectivity index (χ1n) is 8.25. The van der Waals surface area contributed by atoms with E-state index >= 15 is 0 Å². The summed E-state index contributed by atoms with van der Waals surface area (Å²) in [7, 11) is 0. The number of carbonyl (C=O) groups excluding carboxylic acids is 1. The van der Waals surface area contributed by atoms with Gasteiger partial charge in [0.1, 0.15) is 0 Å². The molecule has 4 aromatic heterocycles. The topological polar surface area (TPSA) is 95.9 Å². The predicted octanol–water partition coefficient (Wildman–Crippen LogP) is 4.01. The number of carbonyl (C=O) groups is 1. The Morgan fingerprint density at radius 1 is 1.29 bits per heavy atom. The minimum atomic E-state index is -0.691. The van der Waals surface area contributed by atoms with Gasteiger partial charge < -0.3 is 9.26 Å². The first kappa shape index (κ1) is 18.3. The van der Waals surface area contributed by atoms with Gasteiger partial charge in [-0.25, -0.2) is 14.5 Å². The summed E-state index contributed by atoms with van der Waals surface area (Å²) in [4.78, 5) is 21.8. The molecule has 0 aliphatic carbocycles. The monoisotopic (exact) mass is 415 g/mol. The second-order valence-corrected chi connectivity index (χ2v) is 7.26. The van der Waals surface area contributed by atoms with E-state index in [1.807, 2.05) is 37.4 Å². The van der Waals surface area contributed by atoms with Gasteiger partial charge in [-0.2, -0.15) is 10.1 Å². The van der Waals surface area contributed by atoms with Crippen LogP contribution in [0, 0.1) is 13.8 Å². The molecule has 4 rings (SSSR count). The van der Waals surface area contributed by atoms with Gasteiger partial charge in [-0.1, -0.05) is 22.8 Å². The van der Waals surface area contributed by atoms with E-state index in [0.717, 1.165) is 16.3 Å². The number of nitrogens with zero attached hydrogens (tertiary/aromatic N) is 5. The number of hydrogen-bond donors (Lipinski definition) is 0. The molecule has 0 bridgehead atoms. The SMILES string of the molecule is Cc1cc(C)n(-c2ccc(Cl)c(C(=O)OCc3nc(-c4cccs4)no3)n2)n1. The van der Waals surface area contributed by atoms with Crippen molar-refractivity contribution in [2.24, 2.45) is 0 Å². The summed E-state index contributed by atoms with van der Waals surface area (Å²) in [5.74, 6) is 0.412. The molecule has 0 amide bonds. The molecule has 0 saturated carbocycles. The zero-order valence-electron chi connectivity index (χ0n) is 14.9. The van der Waals surface area contributed by atoms with Crippen LogP contribution >= 0.6 is 22.9 Å². The van der Waals surface area contributed by atoms with E-state index in [1.165, 1.54) is 11.3 Å². The van der Waals surface area contributed by atoms with Crippen LogP contribution in [0.25, 0.3) is 16.5 Å². The highest BCUT2D eigenvalue weighted by Gasteiger charge is 2.18. The van der Waals surface area contributed by atoms with Gasteiger partial charge >= 0.3 is 5.97 Å². The lowest BCUT2D eigenvalue weighted by molar-refractivity contribution is 0.0423. The molecule has 8 nitrogen and oxygen atoms in total. The minimum Gasteiger partial charge on any atom is -0.451 e. The van der Waals surface area contributed by atoms with E-state index in [-0.39, 0.29) is 23.2 Å². The van der Waals surface area contributed by atoms with Crippen LogP contribution in [0.3, 0.4) is 0 Å². The van der Waals surface area contributed by atoms with Crippen molar-refractivity contribution in [2.45, 2.75) is 20.5 Å². The van der Waals surface area contributed by atoms with Gasteiger partial charge in [0, 0.05) is 5.69 Å². The first-order valence-corrected chi connectivity index (χ1v) is 9.51. The van der Waals surface area contributed by atoms with Crippen molar-refractivity contribution in [3.8, 4) is 16.5 Å². The molecule has 0 saturated heterocycles. The minimum absolute atomic E-state index is 0.00952. The second-order valence-electron chi connectivity index (χ2n) is 5.90. The van der Waals surface area contributed by atoms with Gasteiger partial charge in [0.25, 0.3) is 5.89 Å². The Morgan fingerprint density at radius 2 is 2.14 bits per heavy atom. The van der Waals surface area contributed by atoms with E-state index in [2.05, 4.69) is 20.2 Å². The Morgan fingerprint density at radius 3 is 2.86 bits per heavy atom. The van der Waals surface area contributed by atoms with E-state index in [4.69, 9.17) is 20.9 Å². The molecule has 142 valence electrons. The summed E-state index contributed by atoms with van der Waals surface area (Å²) in [6.45, 7) is 3.60. The van der Waals surface area contributed by atoms with Gasteiger partial charge in [0.15, 0.2) is 18.1 Å². The molecule has 0 atom stereocenters. The lowest BCUT2D eigenvalue weighted by atomic mass is 10.3. The molecule has 4 heterocycles. The van der Waals surface area contributed by atoms with Gasteiger partial charge in [-0.15, -0.1) is 11.3 Å². The zero-order chi connectivity index (χ0) is 19.7. The van der Waals surface area contributed by atoms with Crippen molar-refractivity contribution in [3.63, 3.8) is 0 Å². The Balaban J connectivity index is 1.50. The van der Waals surface area contributed by atoms with E-state index in [0.29, 0.717) is 11.6 Å². The van der Waals surface area contributed by atoms with E-state index < -0.39 is 5.97 Å². The standard InChI is InChI=1S/C18H14ClN5O3S/c1-10-8-11(2)24(22-10)14-6-5-12(19)16(20-14)18(25)26-9-15-21-17(23-27-15)13-4-3-7-28-13/h3-8H,9H2,1-2H3. The summed E-state index contributed by atoms with van der Waals surface area (Å²) in [5, 5.41) is 10.3. The molecule has 0 fully saturated rings. The number of pyridine rings is 1. The molecule has 0 aliphatic heterocycles. The third kappa shape index (κ3) is 3.67. The average Bonchev–Trinajstić information content (AvgIpc) is 3.41. The summed E-state index contributed by atoms with van der Waals surface area (Å²) < 4.78 is 12.0. The van der Waals surface area contributed by atoms with Crippen molar-refractivity contribution in [1.82, 2.24) is 24.9 Å². The number of rotatable bonds is 5. The number of esters is 1. The summed E-state index contributed by atoms with van der Waals surface area (Å²) in [6.07, 6.45) is 0. The third-order valence-electron chi connectivity index (χ3n) is 3.79. The van der Waals surface area contributed by atoms with Crippen LogP contribution in [0.2, 0.25) is 5.02 Å². The largest absolute Gasteiger partial charge is 0.451 e. The maximum atomic E-state index is 12.5. The van der Waals surface area contributed by atoms with Crippen LogP contribution in [-0.4, -0.2) is 30.9 Å². The predicted molar refractivity (Wildman–Crippen MR) is 103 cm³/mol. The molecule has 0 aliphatic rings. The van der Waals surface area contributed by atoms with Crippen molar-refractivity contribution in [2.75, 3.05) is 0 Å². The smallest absolute Gasteiger partial charge is 0.359 e. The molecule has 0 unspecified atom stereocenters. The fourth-order valence-corrected chi connectivity index (χ4v) is 3.40. The zero-order valence-corrected chi connectivity index (χ0v) is 16.5. The van der Waals surface area contributed by atoms with Crippen molar-refractivity contribution in [3.05, 3.63) is 63.7 Å². The van der Waals surface area contributed by atoms with Crippen molar-refractivity contribution >= 4 is 28.9 Å². The van der Waals surface area contributed by atoms with Crippen LogP contribution in [-0.2, 0) is 11.3 Å². The fourth-order valence-electron chi connectivity index (χ4n) is 2.57. The normalized spacial score (nSPS) is 11.0. The van der Waals surface area contributed by atoms with Gasteiger partial charge in [-0.05, 0) is 43.5 Å². The van der Waals surface area contributed by atoms with Crippen LogP contribution in [0.1, 0.15) is 27.8 Å². The first-order chi connectivity index (χ1) is 13.5. The van der Waals surface area contributed by atoms with Crippen LogP contribution in [0.4, 0.5) is 0 Å². The van der Waals surface area contributed by atoms with Crippen molar-refractivity contribution in [1.29, 1.82) is 0 Å². The molecule has 0 spiro atoms. The Kier molecular flexibility index (Phi) is 4.93. The van der Waals surface area contributed by atoms with Gasteiger partial charge in [-0.3, -0.25) is 0 Å². The van der Waals surface area contributed by atoms with Crippen LogP contribution < -0.4 is 0 Å². The highest BCUT2D eigenvalue weighted by molar-refractivity contribution is 7.13. The number of ether oxygens (including phenoxy) is 1. The summed E-state index contributed by atoms with van der Waals surface area (Å²) in [6, 6.07) is 8.94. The number of hydrogen-bond acceptors (Lipinski definition) is 8. The maximum absolute atomic E-state index is 12.5. The third-order valence-corrected chi connectivity index (χ3v) is 4.96. The Bertz CT molecular complexity index is 1140. The molecule has 28 heavy (non-hydrogen) atoms. The molecular weight excluding hydrogens is 402 g/mol. The quantitative estimate of drug-likeness (QED) is 0.454. The molecule has 0 N–H and O–H groups in total. The molecule has 0 aromatic carbocycles. The number of halogens is 1. The van der Waals surface area contributed by atoms with E-state index in [1.54, 1.807) is 16.8 Å². The maximum Gasteiger partial charge on any atom is 0.359 e. The molecular formula is C18H14ClN5O3S. The lowest BCUT2D eigenvalue weighted by Crippen LogP contribution is -2.11. The van der Waals surface area contributed by atoms with Crippen LogP contribution in [0.5, 0.6) is 0 Å².